The molecule has 0 saturated carbocycles. The van der Waals surface area contributed by atoms with E-state index in [1.807, 2.05) is 0 Å². The molecule has 1 aromatic carbocycles. The molecule has 1 aromatic rings. The van der Waals surface area contributed by atoms with Gasteiger partial charge in [0.1, 0.15) is 17.4 Å². The topological polar surface area (TPSA) is 26.3 Å². The lowest BCUT2D eigenvalue weighted by Crippen LogP contribution is -1.98. The van der Waals surface area contributed by atoms with Gasteiger partial charge in [-0.05, 0) is 6.92 Å². The van der Waals surface area contributed by atoms with Gasteiger partial charge < -0.3 is 4.74 Å². The van der Waals surface area contributed by atoms with Crippen LogP contribution in [0.25, 0.3) is 0 Å². The largest absolute Gasteiger partial charge is 0.493 e. The van der Waals surface area contributed by atoms with Gasteiger partial charge in [0.15, 0.2) is 6.29 Å². The highest BCUT2D eigenvalue weighted by Crippen LogP contribution is 2.19. The average molecular weight is 185 g/mol. The maximum Gasteiger partial charge on any atom is 0.155 e. The predicted octanol–water partition coefficient (Wildman–Crippen LogP) is 1.99. The van der Waals surface area contributed by atoms with Crippen LogP contribution in [0.15, 0.2) is 12.1 Å². The number of carbonyl (C=O) groups excluding carboxylic acids is 1. The van der Waals surface area contributed by atoms with Gasteiger partial charge in [-0.2, -0.15) is 0 Å². The molecule has 2 nitrogen and oxygen atoms in total. The maximum atomic E-state index is 12.9. The van der Waals surface area contributed by atoms with Crippen LogP contribution in [0, 0.1) is 18.6 Å². The van der Waals surface area contributed by atoms with Crippen LogP contribution in [0.2, 0.25) is 0 Å². The lowest BCUT2D eigenvalue weighted by Gasteiger charge is -2.04. The van der Waals surface area contributed by atoms with E-state index < -0.39 is 17.2 Å². The van der Waals surface area contributed by atoms with Crippen molar-refractivity contribution < 1.29 is 18.3 Å². The van der Waals surface area contributed by atoms with Crippen LogP contribution in [0.3, 0.4) is 0 Å². The van der Waals surface area contributed by atoms with Crippen LogP contribution in [-0.2, 0) is 0 Å². The van der Waals surface area contributed by atoms with Crippen LogP contribution in [0.5, 0.6) is 5.75 Å². The fourth-order valence-corrected chi connectivity index (χ4v) is 0.875. The summed E-state index contributed by atoms with van der Waals surface area (Å²) in [4.78, 5) is 10.2. The quantitative estimate of drug-likeness (QED) is 0.673. The van der Waals surface area contributed by atoms with Crippen molar-refractivity contribution in [2.45, 2.75) is 0 Å². The number of ether oxygens (including phenoxy) is 1. The van der Waals surface area contributed by atoms with E-state index in [-0.39, 0.29) is 18.6 Å². The molecule has 13 heavy (non-hydrogen) atoms. The number of benzene rings is 1. The fourth-order valence-electron chi connectivity index (χ4n) is 0.875. The third kappa shape index (κ3) is 2.02. The number of hydrogen-bond acceptors (Lipinski definition) is 2. The van der Waals surface area contributed by atoms with Gasteiger partial charge in [-0.15, -0.1) is 0 Å². The molecular weight excluding hydrogens is 178 g/mol. The molecule has 0 aromatic heterocycles. The fraction of sp³-hybridized carbons (Fsp3) is 0.111. The zero-order chi connectivity index (χ0) is 9.84. The standard InChI is InChI=1S/C9H7F2O2/c1-2-13-6-3-8(10)7(5-12)9(11)4-6/h3-5H,1-2H2. The lowest BCUT2D eigenvalue weighted by atomic mass is 10.2. The number of carbonyl (C=O) groups is 1. The molecule has 0 saturated heterocycles. The molecule has 4 heteroatoms. The summed E-state index contributed by atoms with van der Waals surface area (Å²) < 4.78 is 30.5. The van der Waals surface area contributed by atoms with Crippen LogP contribution >= 0.6 is 0 Å². The predicted molar refractivity (Wildman–Crippen MR) is 42.6 cm³/mol. The van der Waals surface area contributed by atoms with E-state index in [0.717, 1.165) is 12.1 Å². The molecule has 0 fully saturated rings. The molecule has 1 rings (SSSR count). The zero-order valence-corrected chi connectivity index (χ0v) is 6.72. The minimum Gasteiger partial charge on any atom is -0.493 e. The highest BCUT2D eigenvalue weighted by Gasteiger charge is 2.10. The number of hydrogen-bond donors (Lipinski definition) is 0. The summed E-state index contributed by atoms with van der Waals surface area (Å²) in [5.41, 5.74) is -0.587. The summed E-state index contributed by atoms with van der Waals surface area (Å²) in [5.74, 6) is -1.84. The van der Waals surface area contributed by atoms with Crippen LogP contribution in [0.4, 0.5) is 8.78 Å². The Morgan fingerprint density at radius 2 is 1.92 bits per heavy atom. The van der Waals surface area contributed by atoms with Gasteiger partial charge in [0.25, 0.3) is 0 Å². The molecular formula is C9H7F2O2. The highest BCUT2D eigenvalue weighted by molar-refractivity contribution is 5.75. The molecule has 0 aliphatic heterocycles. The summed E-state index contributed by atoms with van der Waals surface area (Å²) in [7, 11) is 0. The molecule has 0 aliphatic carbocycles. The SMILES string of the molecule is [CH2]COc1cc(F)c(C=O)c(F)c1. The minimum atomic E-state index is -0.932. The van der Waals surface area contributed by atoms with E-state index in [1.165, 1.54) is 0 Å². The van der Waals surface area contributed by atoms with Gasteiger partial charge in [-0.3, -0.25) is 4.79 Å². The van der Waals surface area contributed by atoms with E-state index in [0.29, 0.717) is 0 Å². The Labute approximate surface area is 74.1 Å². The maximum absolute atomic E-state index is 12.9. The van der Waals surface area contributed by atoms with Crippen molar-refractivity contribution in [3.8, 4) is 5.75 Å². The van der Waals surface area contributed by atoms with Crippen molar-refractivity contribution in [1.29, 1.82) is 0 Å². The van der Waals surface area contributed by atoms with E-state index in [1.54, 1.807) is 0 Å². The molecule has 1 radical (unpaired) electrons. The second-order valence-corrected chi connectivity index (χ2v) is 2.27. The molecule has 0 amide bonds. The number of halogens is 2. The first-order chi connectivity index (χ1) is 6.19. The van der Waals surface area contributed by atoms with Crippen molar-refractivity contribution in [2.75, 3.05) is 6.61 Å². The Morgan fingerprint density at radius 3 is 2.31 bits per heavy atom. The third-order valence-electron chi connectivity index (χ3n) is 1.44. The van der Waals surface area contributed by atoms with Crippen LogP contribution in [0.1, 0.15) is 10.4 Å². The summed E-state index contributed by atoms with van der Waals surface area (Å²) >= 11 is 0. The zero-order valence-electron chi connectivity index (χ0n) is 6.72. The van der Waals surface area contributed by atoms with Gasteiger partial charge in [0.05, 0.1) is 12.2 Å². The second-order valence-electron chi connectivity index (χ2n) is 2.27. The minimum absolute atomic E-state index is 0.0237. The number of aldehydes is 1. The van der Waals surface area contributed by atoms with E-state index in [9.17, 15) is 13.6 Å². The van der Waals surface area contributed by atoms with Crippen LogP contribution in [-0.4, -0.2) is 12.9 Å². The van der Waals surface area contributed by atoms with Crippen molar-refractivity contribution in [3.05, 3.63) is 36.3 Å². The van der Waals surface area contributed by atoms with Crippen molar-refractivity contribution in [1.82, 2.24) is 0 Å². The Balaban J connectivity index is 3.12. The molecule has 0 spiro atoms. The van der Waals surface area contributed by atoms with E-state index in [2.05, 4.69) is 6.92 Å². The van der Waals surface area contributed by atoms with Gasteiger partial charge in [-0.1, -0.05) is 0 Å². The van der Waals surface area contributed by atoms with Crippen molar-refractivity contribution in [2.24, 2.45) is 0 Å². The van der Waals surface area contributed by atoms with Crippen LogP contribution < -0.4 is 4.74 Å². The van der Waals surface area contributed by atoms with E-state index in [4.69, 9.17) is 4.74 Å². The van der Waals surface area contributed by atoms with Crippen molar-refractivity contribution >= 4 is 6.29 Å². The molecule has 69 valence electrons. The molecule has 0 heterocycles. The third-order valence-corrected chi connectivity index (χ3v) is 1.44. The normalized spacial score (nSPS) is 9.77. The Hall–Kier alpha value is -1.45. The Kier molecular flexibility index (Phi) is 2.95. The monoisotopic (exact) mass is 185 g/mol. The van der Waals surface area contributed by atoms with Gasteiger partial charge in [0.2, 0.25) is 0 Å². The first-order valence-electron chi connectivity index (χ1n) is 3.55. The lowest BCUT2D eigenvalue weighted by molar-refractivity contribution is 0.111. The van der Waals surface area contributed by atoms with Crippen molar-refractivity contribution in [3.63, 3.8) is 0 Å². The van der Waals surface area contributed by atoms with E-state index >= 15 is 0 Å². The van der Waals surface area contributed by atoms with Gasteiger partial charge in [0, 0.05) is 12.1 Å². The molecule has 0 bridgehead atoms. The highest BCUT2D eigenvalue weighted by atomic mass is 19.1. The molecule has 0 aliphatic rings. The summed E-state index contributed by atoms with van der Waals surface area (Å²) in [6.07, 6.45) is 0.124. The second kappa shape index (κ2) is 3.98. The molecule has 0 N–H and O–H groups in total. The summed E-state index contributed by atoms with van der Waals surface area (Å²) in [5, 5.41) is 0. The molecule has 0 atom stereocenters. The smallest absolute Gasteiger partial charge is 0.155 e. The summed E-state index contributed by atoms with van der Waals surface area (Å²) in [6.45, 7) is 3.41. The summed E-state index contributed by atoms with van der Waals surface area (Å²) in [6, 6.07) is 1.88. The molecule has 0 unspecified atom stereocenters. The first kappa shape index (κ1) is 9.64. The van der Waals surface area contributed by atoms with Gasteiger partial charge in [-0.25, -0.2) is 8.78 Å². The first-order valence-corrected chi connectivity index (χ1v) is 3.55. The van der Waals surface area contributed by atoms with Gasteiger partial charge >= 0.3 is 0 Å². The Bertz CT molecular complexity index is 300. The average Bonchev–Trinajstić information content (AvgIpc) is 2.04. The number of rotatable bonds is 3. The Morgan fingerprint density at radius 1 is 1.38 bits per heavy atom.